The summed E-state index contributed by atoms with van der Waals surface area (Å²) >= 11 is 3.47. The monoisotopic (exact) mass is 258 g/mol. The fourth-order valence-corrected chi connectivity index (χ4v) is 2.12. The molecule has 0 unspecified atom stereocenters. The lowest BCUT2D eigenvalue weighted by Crippen LogP contribution is -2.48. The van der Waals surface area contributed by atoms with Crippen LogP contribution in [0.1, 0.15) is 12.7 Å². The third-order valence-electron chi connectivity index (χ3n) is 2.51. The lowest BCUT2D eigenvalue weighted by molar-refractivity contribution is 0.186. The SMILES string of the molecule is C[C@@H]1CN(Cc2occc2Br)CCN1. The zero-order valence-electron chi connectivity index (χ0n) is 8.29. The first-order valence-corrected chi connectivity index (χ1v) is 5.72. The van der Waals surface area contributed by atoms with Gasteiger partial charge in [0.25, 0.3) is 0 Å². The molecule has 0 aliphatic carbocycles. The van der Waals surface area contributed by atoms with E-state index < -0.39 is 0 Å². The molecule has 14 heavy (non-hydrogen) atoms. The Balaban J connectivity index is 1.94. The predicted octanol–water partition coefficient (Wildman–Crippen LogP) is 1.84. The highest BCUT2D eigenvalue weighted by atomic mass is 79.9. The fourth-order valence-electron chi connectivity index (χ4n) is 1.80. The van der Waals surface area contributed by atoms with E-state index in [1.54, 1.807) is 6.26 Å². The van der Waals surface area contributed by atoms with E-state index in [1.165, 1.54) is 0 Å². The van der Waals surface area contributed by atoms with Gasteiger partial charge in [-0.05, 0) is 28.9 Å². The maximum atomic E-state index is 5.39. The molecule has 0 radical (unpaired) electrons. The minimum absolute atomic E-state index is 0.581. The summed E-state index contributed by atoms with van der Waals surface area (Å²) in [6.45, 7) is 6.37. The third kappa shape index (κ3) is 2.38. The Hall–Kier alpha value is -0.320. The van der Waals surface area contributed by atoms with Gasteiger partial charge in [0.2, 0.25) is 0 Å². The van der Waals surface area contributed by atoms with Gasteiger partial charge < -0.3 is 9.73 Å². The third-order valence-corrected chi connectivity index (χ3v) is 3.22. The predicted molar refractivity (Wildman–Crippen MR) is 59.1 cm³/mol. The number of hydrogen-bond acceptors (Lipinski definition) is 3. The average Bonchev–Trinajstić information content (AvgIpc) is 2.52. The molecule has 2 heterocycles. The first-order valence-electron chi connectivity index (χ1n) is 4.93. The van der Waals surface area contributed by atoms with Crippen LogP contribution in [0.25, 0.3) is 0 Å². The Bertz CT molecular complexity index is 300. The Morgan fingerprint density at radius 3 is 3.21 bits per heavy atom. The molecule has 4 heteroatoms. The maximum absolute atomic E-state index is 5.39. The van der Waals surface area contributed by atoms with Gasteiger partial charge in [-0.3, -0.25) is 4.90 Å². The van der Waals surface area contributed by atoms with Crippen LogP contribution < -0.4 is 5.32 Å². The van der Waals surface area contributed by atoms with E-state index in [-0.39, 0.29) is 0 Å². The zero-order valence-corrected chi connectivity index (χ0v) is 9.88. The van der Waals surface area contributed by atoms with Gasteiger partial charge in [0.1, 0.15) is 5.76 Å². The van der Waals surface area contributed by atoms with Crippen LogP contribution in [0.5, 0.6) is 0 Å². The molecular formula is C10H15BrN2O. The highest BCUT2D eigenvalue weighted by Crippen LogP contribution is 2.19. The molecule has 3 nitrogen and oxygen atoms in total. The lowest BCUT2D eigenvalue weighted by atomic mass is 10.2. The van der Waals surface area contributed by atoms with Crippen molar-refractivity contribution < 1.29 is 4.42 Å². The molecule has 1 atom stereocenters. The van der Waals surface area contributed by atoms with Crippen LogP contribution in [-0.2, 0) is 6.54 Å². The van der Waals surface area contributed by atoms with Gasteiger partial charge in [-0.25, -0.2) is 0 Å². The first kappa shape index (κ1) is 10.2. The molecule has 1 aliphatic heterocycles. The highest BCUT2D eigenvalue weighted by molar-refractivity contribution is 9.10. The number of furan rings is 1. The van der Waals surface area contributed by atoms with Gasteiger partial charge in [0.15, 0.2) is 0 Å². The summed E-state index contributed by atoms with van der Waals surface area (Å²) in [6, 6.07) is 2.53. The lowest BCUT2D eigenvalue weighted by Gasteiger charge is -2.31. The summed E-state index contributed by atoms with van der Waals surface area (Å²) in [7, 11) is 0. The smallest absolute Gasteiger partial charge is 0.131 e. The van der Waals surface area contributed by atoms with Crippen molar-refractivity contribution in [1.29, 1.82) is 0 Å². The highest BCUT2D eigenvalue weighted by Gasteiger charge is 2.17. The molecule has 0 spiro atoms. The second-order valence-electron chi connectivity index (χ2n) is 3.78. The van der Waals surface area contributed by atoms with Crippen LogP contribution in [-0.4, -0.2) is 30.6 Å². The molecule has 2 rings (SSSR count). The van der Waals surface area contributed by atoms with Crippen molar-refractivity contribution in [3.63, 3.8) is 0 Å². The summed E-state index contributed by atoms with van der Waals surface area (Å²) < 4.78 is 6.47. The summed E-state index contributed by atoms with van der Waals surface area (Å²) in [4.78, 5) is 2.41. The number of hydrogen-bond donors (Lipinski definition) is 1. The van der Waals surface area contributed by atoms with Gasteiger partial charge in [-0.2, -0.15) is 0 Å². The Kier molecular flexibility index (Phi) is 3.26. The number of piperazine rings is 1. The number of halogens is 1. The molecular weight excluding hydrogens is 244 g/mol. The quantitative estimate of drug-likeness (QED) is 0.878. The maximum Gasteiger partial charge on any atom is 0.131 e. The molecule has 1 aliphatic rings. The summed E-state index contributed by atoms with van der Waals surface area (Å²) in [6.07, 6.45) is 1.73. The van der Waals surface area contributed by atoms with Crippen molar-refractivity contribution in [2.45, 2.75) is 19.5 Å². The van der Waals surface area contributed by atoms with E-state index in [9.17, 15) is 0 Å². The van der Waals surface area contributed by atoms with E-state index in [2.05, 4.69) is 33.1 Å². The van der Waals surface area contributed by atoms with Gasteiger partial charge in [-0.1, -0.05) is 0 Å². The van der Waals surface area contributed by atoms with E-state index in [1.807, 2.05) is 6.07 Å². The van der Waals surface area contributed by atoms with Gasteiger partial charge in [0, 0.05) is 25.7 Å². The van der Waals surface area contributed by atoms with Crippen LogP contribution in [0, 0.1) is 0 Å². The molecule has 78 valence electrons. The summed E-state index contributed by atoms with van der Waals surface area (Å²) in [5, 5.41) is 3.42. The second kappa shape index (κ2) is 4.47. The van der Waals surface area contributed by atoms with Crippen molar-refractivity contribution >= 4 is 15.9 Å². The van der Waals surface area contributed by atoms with Gasteiger partial charge >= 0.3 is 0 Å². The van der Waals surface area contributed by atoms with E-state index in [0.717, 1.165) is 36.4 Å². The average molecular weight is 259 g/mol. The van der Waals surface area contributed by atoms with Crippen molar-refractivity contribution in [1.82, 2.24) is 10.2 Å². The van der Waals surface area contributed by atoms with Crippen molar-refractivity contribution in [2.24, 2.45) is 0 Å². The molecule has 0 amide bonds. The Morgan fingerprint density at radius 1 is 1.71 bits per heavy atom. The van der Waals surface area contributed by atoms with Crippen LogP contribution in [0.15, 0.2) is 21.2 Å². The Morgan fingerprint density at radius 2 is 2.57 bits per heavy atom. The molecule has 0 aromatic carbocycles. The summed E-state index contributed by atoms with van der Waals surface area (Å²) in [5.41, 5.74) is 0. The van der Waals surface area contributed by atoms with Gasteiger partial charge in [0.05, 0.1) is 17.3 Å². The molecule has 1 saturated heterocycles. The minimum atomic E-state index is 0.581. The summed E-state index contributed by atoms with van der Waals surface area (Å²) in [5.74, 6) is 1.03. The van der Waals surface area contributed by atoms with E-state index in [0.29, 0.717) is 6.04 Å². The molecule has 1 aromatic rings. The van der Waals surface area contributed by atoms with Crippen LogP contribution in [0.2, 0.25) is 0 Å². The van der Waals surface area contributed by atoms with Crippen molar-refractivity contribution in [2.75, 3.05) is 19.6 Å². The number of nitrogens with zero attached hydrogens (tertiary/aromatic N) is 1. The first-order chi connectivity index (χ1) is 6.75. The van der Waals surface area contributed by atoms with Crippen molar-refractivity contribution in [3.8, 4) is 0 Å². The Labute approximate surface area is 92.6 Å². The number of rotatable bonds is 2. The standard InChI is InChI=1S/C10H15BrN2O/c1-8-6-13(4-3-12-8)7-10-9(11)2-5-14-10/h2,5,8,12H,3-4,6-7H2,1H3/t8-/m1/s1. The van der Waals surface area contributed by atoms with Gasteiger partial charge in [-0.15, -0.1) is 0 Å². The van der Waals surface area contributed by atoms with E-state index in [4.69, 9.17) is 4.42 Å². The van der Waals surface area contributed by atoms with Crippen molar-refractivity contribution in [3.05, 3.63) is 22.6 Å². The minimum Gasteiger partial charge on any atom is -0.467 e. The molecule has 1 aromatic heterocycles. The molecule has 1 N–H and O–H groups in total. The van der Waals surface area contributed by atoms with Crippen LogP contribution in [0.4, 0.5) is 0 Å². The molecule has 1 fully saturated rings. The molecule has 0 saturated carbocycles. The normalized spacial score (nSPS) is 24.0. The fraction of sp³-hybridized carbons (Fsp3) is 0.600. The number of nitrogens with one attached hydrogen (secondary N) is 1. The molecule has 0 bridgehead atoms. The van der Waals surface area contributed by atoms with Crippen LogP contribution in [0.3, 0.4) is 0 Å². The largest absolute Gasteiger partial charge is 0.467 e. The zero-order chi connectivity index (χ0) is 9.97. The van der Waals surface area contributed by atoms with E-state index >= 15 is 0 Å². The second-order valence-corrected chi connectivity index (χ2v) is 4.64. The van der Waals surface area contributed by atoms with Crippen LogP contribution >= 0.6 is 15.9 Å². The topological polar surface area (TPSA) is 28.4 Å².